The number of carbonyl (C=O) groups is 2. The van der Waals surface area contributed by atoms with Gasteiger partial charge in [0.15, 0.2) is 0 Å². The minimum Gasteiger partial charge on any atom is -0.508 e. The number of halogens is 4. The Morgan fingerprint density at radius 1 is 0.465 bits per heavy atom. The van der Waals surface area contributed by atoms with Crippen LogP contribution in [0.1, 0.15) is 141 Å². The molecule has 0 unspecified atom stereocenters. The van der Waals surface area contributed by atoms with E-state index in [1.165, 1.54) is 22.3 Å². The maximum Gasteiger partial charge on any atom is 1.00 e. The summed E-state index contributed by atoms with van der Waals surface area (Å²) >= 11 is 13.6. The number of nitrogen functional groups attached to an aromatic ring is 1. The van der Waals surface area contributed by atoms with E-state index in [4.69, 9.17) is 54.7 Å². The minimum absolute atomic E-state index is 0. The van der Waals surface area contributed by atoms with Crippen LogP contribution in [0, 0.1) is 44.7 Å². The van der Waals surface area contributed by atoms with Gasteiger partial charge in [-0.05, 0) is 196 Å². The van der Waals surface area contributed by atoms with E-state index in [1.807, 2.05) is 126 Å². The molecule has 0 radical (unpaired) electrons. The standard InChI is InChI=1S/C34H37NO3.C26H28BrNO2.C8H11BO3.C8H9BrO.C7H8BrN.C7H7BrO.2CH4.HNO2.Na/c1-5-38-34(36)23-32(30-19-12-18-29(22-30)31-20-13-21-33(37-4)25(31)2)35(24-27-14-8-6-9-15-27)26(3)28-16-10-7-11-17-28;1-3-30-26(29)18-25(23-15-10-16-24(27)17-23)28(19-21-11-6-4-7-12-21)20(2)22-13-8-5-9-14-22;1-6-7(9(10)11)4-3-5-8(6)12-2;1-6-7(9)4-3-5-8(6)10-2;2*1-5-6(8)3-2-4-7(5)9;;;2-1-3;/h6-22,26,32H,5,23-24H2,1-4H3;4-17,20,25H,3,18-19H2,1-2H3;3-5,10-11H,1-2H3;3-5H,1-2H3;2-4H,9H2,1H3;2-4,9H,1H3;2*1H4;(H,2,3);/q;;;;;;;;;+1/p-1/t26-,32+;20-,25+;;;;;;;;/m11......../s1. The van der Waals surface area contributed by atoms with Gasteiger partial charge in [-0.1, -0.05) is 273 Å². The maximum atomic E-state index is 13.0. The van der Waals surface area contributed by atoms with E-state index < -0.39 is 7.12 Å². The SMILES string of the molecule is C.C.CCOC(=O)C[C@@H](c1cccc(-c2cccc(OC)c2C)c1)N(Cc1ccccc1)[C@H](C)c1ccccc1.CCOC(=O)C[C@@H](c1cccc(Br)c1)N(Cc1ccccc1)[C@H](C)c1ccccc1.COc1cccc(B(O)O)c1C.COc1cccc(Br)c1C.Cc1c(N)cccc1Br.Cc1c(O)cccc1Br.O=N[O-].[Na+]. The number of hydrogen-bond acceptors (Lipinski definition) is 16. The Kier molecular flexibility index (Phi) is 49.2. The van der Waals surface area contributed by atoms with Crippen LogP contribution in [0.25, 0.3) is 11.1 Å². The summed E-state index contributed by atoms with van der Waals surface area (Å²) in [7, 11) is 3.50. The zero-order valence-corrected chi connectivity index (χ0v) is 74.2. The number of nitrogens with zero attached hydrogens (tertiary/aromatic N) is 3. The van der Waals surface area contributed by atoms with Crippen molar-refractivity contribution in [2.45, 2.75) is 127 Å². The van der Waals surface area contributed by atoms with Crippen LogP contribution in [0.2, 0.25) is 0 Å². The Morgan fingerprint density at radius 2 is 0.825 bits per heavy atom. The van der Waals surface area contributed by atoms with Gasteiger partial charge in [0, 0.05) is 72.0 Å². The Balaban J connectivity index is 0.000000507. The van der Waals surface area contributed by atoms with Gasteiger partial charge in [0.2, 0.25) is 0 Å². The van der Waals surface area contributed by atoms with E-state index in [9.17, 15) is 9.59 Å². The number of benzene rings is 11. The molecule has 11 aromatic carbocycles. The minimum atomic E-state index is -1.43. The molecule has 0 aliphatic rings. The fourth-order valence-corrected chi connectivity index (χ4v) is 13.5. The van der Waals surface area contributed by atoms with Gasteiger partial charge in [-0.25, -0.2) is 0 Å². The van der Waals surface area contributed by atoms with Crippen molar-refractivity contribution in [1.29, 1.82) is 0 Å². The monoisotopic (exact) mass is 1810 g/mol. The molecular weight excluding hydrogens is 1710 g/mol. The second-order valence-electron chi connectivity index (χ2n) is 25.4. The molecule has 22 heteroatoms. The molecule has 0 saturated heterocycles. The number of carbonyl (C=O) groups excluding carboxylic acids is 2. The number of ether oxygens (including phenoxy) is 5. The molecular formula is C92H108BBr4N4NaO12. The Bertz CT molecular complexity index is 4510. The van der Waals surface area contributed by atoms with Crippen LogP contribution in [0.15, 0.2) is 284 Å². The van der Waals surface area contributed by atoms with Gasteiger partial charge in [0.05, 0.1) is 47.4 Å². The van der Waals surface area contributed by atoms with Crippen LogP contribution in [0.4, 0.5) is 5.69 Å². The summed E-state index contributed by atoms with van der Waals surface area (Å²) in [6.45, 7) is 20.0. The van der Waals surface area contributed by atoms with Crippen molar-refractivity contribution in [1.82, 2.24) is 9.80 Å². The topological polar surface area (TPSA) is 226 Å². The van der Waals surface area contributed by atoms with E-state index in [1.54, 1.807) is 58.6 Å². The second-order valence-corrected chi connectivity index (χ2v) is 28.9. The van der Waals surface area contributed by atoms with Gasteiger partial charge in [-0.2, -0.15) is 0 Å². The summed E-state index contributed by atoms with van der Waals surface area (Å²) in [5.74, 6) is 2.42. The number of rotatable bonds is 23. The number of anilines is 1. The van der Waals surface area contributed by atoms with Crippen molar-refractivity contribution in [3.05, 3.63) is 350 Å². The summed E-state index contributed by atoms with van der Waals surface area (Å²) < 4.78 is 30.6. The van der Waals surface area contributed by atoms with E-state index in [0.29, 0.717) is 43.1 Å². The largest absolute Gasteiger partial charge is 1.00 e. The van der Waals surface area contributed by atoms with E-state index in [2.05, 4.69) is 234 Å². The van der Waals surface area contributed by atoms with E-state index >= 15 is 0 Å². The molecule has 0 saturated carbocycles. The van der Waals surface area contributed by atoms with Crippen molar-refractivity contribution in [2.75, 3.05) is 40.3 Å². The number of esters is 2. The zero-order valence-electron chi connectivity index (χ0n) is 65.9. The Morgan fingerprint density at radius 3 is 1.22 bits per heavy atom. The van der Waals surface area contributed by atoms with Crippen molar-refractivity contribution in [2.24, 2.45) is 5.34 Å². The van der Waals surface area contributed by atoms with Crippen molar-refractivity contribution in [3.8, 4) is 34.1 Å². The summed E-state index contributed by atoms with van der Waals surface area (Å²) in [4.78, 5) is 38.3. The third kappa shape index (κ3) is 33.1. The third-order valence-corrected chi connectivity index (χ3v) is 21.3. The van der Waals surface area contributed by atoms with E-state index in [-0.39, 0.29) is 86.9 Å². The number of phenols is 1. The summed E-state index contributed by atoms with van der Waals surface area (Å²) in [6.07, 6.45) is 0.562. The number of methoxy groups -OCH3 is 3. The van der Waals surface area contributed by atoms with Gasteiger partial charge >= 0.3 is 48.6 Å². The summed E-state index contributed by atoms with van der Waals surface area (Å²) in [6, 6.07) is 86.7. The molecule has 0 spiro atoms. The first-order valence-corrected chi connectivity index (χ1v) is 39.2. The quantitative estimate of drug-likeness (QED) is 0.0154. The number of nitrogens with two attached hydrogens (primary N) is 1. The molecule has 11 rings (SSSR count). The van der Waals surface area contributed by atoms with Crippen LogP contribution in [-0.2, 0) is 32.2 Å². The van der Waals surface area contributed by atoms with Crippen LogP contribution in [0.3, 0.4) is 0 Å². The smallest absolute Gasteiger partial charge is 0.508 e. The fourth-order valence-electron chi connectivity index (χ4n) is 12.0. The molecule has 0 aliphatic heterocycles. The van der Waals surface area contributed by atoms with Gasteiger partial charge in [-0.3, -0.25) is 19.4 Å². The average molecular weight is 1820 g/mol. The molecule has 0 heterocycles. The zero-order chi connectivity index (χ0) is 81.4. The van der Waals surface area contributed by atoms with Crippen molar-refractivity contribution in [3.63, 3.8) is 0 Å². The third-order valence-electron chi connectivity index (χ3n) is 18.2. The number of hydrogen-bond donors (Lipinski definition) is 4. The van der Waals surface area contributed by atoms with Crippen molar-refractivity contribution >= 4 is 93.9 Å². The first-order valence-electron chi connectivity index (χ1n) is 36.0. The average Bonchev–Trinajstić information content (AvgIpc) is 0.813. The number of aromatic hydroxyl groups is 1. The van der Waals surface area contributed by atoms with Crippen LogP contribution >= 0.6 is 63.7 Å². The molecule has 4 atom stereocenters. The van der Waals surface area contributed by atoms with Gasteiger partial charge in [-0.15, -0.1) is 5.34 Å². The maximum absolute atomic E-state index is 13.0. The normalized spacial score (nSPS) is 11.1. The van der Waals surface area contributed by atoms with Crippen LogP contribution < -0.4 is 55.0 Å². The Labute approximate surface area is 732 Å². The first-order chi connectivity index (χ1) is 53.4. The summed E-state index contributed by atoms with van der Waals surface area (Å²) in [5, 5.41) is 35.9. The Hall–Kier alpha value is -8.42. The molecule has 600 valence electrons. The summed E-state index contributed by atoms with van der Waals surface area (Å²) in [5.41, 5.74) is 21.1. The molecule has 11 aromatic rings. The first kappa shape index (κ1) is 102. The van der Waals surface area contributed by atoms with Gasteiger partial charge in [0.25, 0.3) is 0 Å². The van der Waals surface area contributed by atoms with Gasteiger partial charge < -0.3 is 54.7 Å². The van der Waals surface area contributed by atoms with Gasteiger partial charge in [0.1, 0.15) is 23.0 Å². The van der Waals surface area contributed by atoms with E-state index in [0.717, 1.165) is 97.0 Å². The molecule has 5 N–H and O–H groups in total. The molecule has 0 bridgehead atoms. The van der Waals surface area contributed by atoms with Crippen LogP contribution in [-0.4, -0.2) is 78.6 Å². The molecule has 0 amide bonds. The van der Waals surface area contributed by atoms with Crippen molar-refractivity contribution < 1.29 is 78.0 Å². The molecule has 0 aliphatic carbocycles. The predicted octanol–water partition coefficient (Wildman–Crippen LogP) is 20.4. The molecule has 16 nitrogen and oxygen atoms in total. The molecule has 0 aromatic heterocycles. The second kappa shape index (κ2) is 55.2. The predicted molar refractivity (Wildman–Crippen MR) is 478 cm³/mol. The fraction of sp³-hybridized carbons (Fsp3) is 0.261. The molecule has 0 fully saturated rings. The van der Waals surface area contributed by atoms with Crippen LogP contribution in [0.5, 0.6) is 23.0 Å². The molecule has 114 heavy (non-hydrogen) atoms. The number of phenolic OH excluding ortho intramolecular Hbond substituents is 1.